The number of anilines is 1. The van der Waals surface area contributed by atoms with Crippen LogP contribution in [0.15, 0.2) is 45.3 Å². The lowest BCUT2D eigenvalue weighted by atomic mass is 10.1. The fourth-order valence-electron chi connectivity index (χ4n) is 2.82. The molecule has 0 aromatic heterocycles. The third kappa shape index (κ3) is 2.24. The van der Waals surface area contributed by atoms with Gasteiger partial charge in [0.1, 0.15) is 16.2 Å². The van der Waals surface area contributed by atoms with Crippen LogP contribution >= 0.6 is 23.5 Å². The van der Waals surface area contributed by atoms with Gasteiger partial charge in [0.2, 0.25) is 4.99 Å². The molecule has 2 aliphatic rings. The Morgan fingerprint density at radius 2 is 1.88 bits per heavy atom. The van der Waals surface area contributed by atoms with Gasteiger partial charge in [-0.2, -0.15) is 0 Å². The Bertz CT molecular complexity index is 790. The zero-order valence-corrected chi connectivity index (χ0v) is 15.3. The number of hydrogen-bond acceptors (Lipinski definition) is 8. The number of carbonyl (C=O) groups is 2. The Morgan fingerprint density at radius 1 is 1.21 bits per heavy atom. The maximum absolute atomic E-state index is 12.6. The van der Waals surface area contributed by atoms with Crippen LogP contribution in [0.2, 0.25) is 0 Å². The van der Waals surface area contributed by atoms with Gasteiger partial charge in [-0.05, 0) is 18.4 Å². The topological polar surface area (TPSA) is 68.2 Å². The Morgan fingerprint density at radius 3 is 2.46 bits per heavy atom. The standard InChI is InChI=1S/C16H16N2O4S2/c1-18-9-7-5-6-8-10(9)24-16(18)12(15(20)22-3)11(14(19)21-2)13(17-16)23-4/h5-8H,1-4H3. The summed E-state index contributed by atoms with van der Waals surface area (Å²) < 4.78 is 9.84. The molecule has 0 saturated carbocycles. The normalized spacial score (nSPS) is 21.8. The molecule has 0 aliphatic carbocycles. The maximum Gasteiger partial charge on any atom is 0.341 e. The third-order valence-corrected chi connectivity index (χ3v) is 6.05. The number of aliphatic imine (C=N–C) groups is 1. The average molecular weight is 364 g/mol. The predicted molar refractivity (Wildman–Crippen MR) is 95.4 cm³/mol. The molecule has 8 heteroatoms. The molecule has 1 aromatic carbocycles. The molecule has 0 amide bonds. The average Bonchev–Trinajstić information content (AvgIpc) is 3.09. The number of para-hydroxylation sites is 1. The molecule has 3 rings (SSSR count). The number of ether oxygens (including phenoxy) is 2. The van der Waals surface area contributed by atoms with Crippen molar-refractivity contribution in [1.82, 2.24) is 0 Å². The summed E-state index contributed by atoms with van der Waals surface area (Å²) in [6, 6.07) is 7.77. The van der Waals surface area contributed by atoms with Gasteiger partial charge >= 0.3 is 11.9 Å². The molecule has 1 atom stereocenters. The van der Waals surface area contributed by atoms with Crippen molar-refractivity contribution >= 4 is 46.2 Å². The minimum absolute atomic E-state index is 0.170. The predicted octanol–water partition coefficient (Wildman–Crippen LogP) is 2.30. The quantitative estimate of drug-likeness (QED) is 0.746. The molecule has 0 bridgehead atoms. The summed E-state index contributed by atoms with van der Waals surface area (Å²) in [7, 11) is 4.43. The maximum atomic E-state index is 12.6. The van der Waals surface area contributed by atoms with Gasteiger partial charge in [-0.15, -0.1) is 11.8 Å². The molecular formula is C16H16N2O4S2. The minimum atomic E-state index is -1.06. The second-order valence-corrected chi connectivity index (χ2v) is 7.10. The van der Waals surface area contributed by atoms with Crippen molar-refractivity contribution in [2.75, 3.05) is 32.4 Å². The Balaban J connectivity index is 2.25. The number of nitrogens with zero attached hydrogens (tertiary/aromatic N) is 2. The van der Waals surface area contributed by atoms with E-state index in [-0.39, 0.29) is 11.1 Å². The molecule has 6 nitrogen and oxygen atoms in total. The number of hydrogen-bond donors (Lipinski definition) is 0. The van der Waals surface area contributed by atoms with E-state index in [1.807, 2.05) is 42.5 Å². The van der Waals surface area contributed by atoms with E-state index in [2.05, 4.69) is 0 Å². The molecule has 2 heterocycles. The highest BCUT2D eigenvalue weighted by Gasteiger charge is 2.55. The van der Waals surface area contributed by atoms with E-state index in [1.54, 1.807) is 0 Å². The van der Waals surface area contributed by atoms with Crippen molar-refractivity contribution in [3.05, 3.63) is 35.4 Å². The minimum Gasteiger partial charge on any atom is -0.465 e. The molecule has 0 saturated heterocycles. The van der Waals surface area contributed by atoms with E-state index in [1.165, 1.54) is 37.7 Å². The van der Waals surface area contributed by atoms with E-state index >= 15 is 0 Å². The lowest BCUT2D eigenvalue weighted by Crippen LogP contribution is -2.42. The van der Waals surface area contributed by atoms with Crippen molar-refractivity contribution in [1.29, 1.82) is 0 Å². The molecule has 0 fully saturated rings. The largest absolute Gasteiger partial charge is 0.465 e. The van der Waals surface area contributed by atoms with Crippen LogP contribution in [0.5, 0.6) is 0 Å². The number of fused-ring (bicyclic) bond motifs is 1. The van der Waals surface area contributed by atoms with Crippen molar-refractivity contribution < 1.29 is 19.1 Å². The highest BCUT2D eigenvalue weighted by molar-refractivity contribution is 8.14. The third-order valence-electron chi connectivity index (χ3n) is 3.95. The first-order chi connectivity index (χ1) is 11.5. The monoisotopic (exact) mass is 364 g/mol. The second kappa shape index (κ2) is 6.18. The SMILES string of the molecule is COC(=O)C1=C(C(=O)OC)C2(N=C1SC)Sc1ccccc1N2C. The number of methoxy groups -OCH3 is 2. The highest BCUT2D eigenvalue weighted by Crippen LogP contribution is 2.57. The number of likely N-dealkylation sites (N-methyl/N-ethyl adjacent to an activating group) is 1. The van der Waals surface area contributed by atoms with Crippen molar-refractivity contribution in [3.63, 3.8) is 0 Å². The molecule has 126 valence electrons. The first-order valence-corrected chi connectivity index (χ1v) is 9.11. The number of thioether (sulfide) groups is 2. The summed E-state index contributed by atoms with van der Waals surface area (Å²) in [4.78, 5) is 31.4. The molecule has 1 spiro atoms. The number of benzene rings is 1. The molecule has 24 heavy (non-hydrogen) atoms. The summed E-state index contributed by atoms with van der Waals surface area (Å²) in [6.07, 6.45) is 1.81. The van der Waals surface area contributed by atoms with Gasteiger partial charge < -0.3 is 14.4 Å². The highest BCUT2D eigenvalue weighted by atomic mass is 32.2. The smallest absolute Gasteiger partial charge is 0.341 e. The lowest BCUT2D eigenvalue weighted by Gasteiger charge is -2.31. The van der Waals surface area contributed by atoms with Crippen LogP contribution < -0.4 is 4.90 Å². The summed E-state index contributed by atoms with van der Waals surface area (Å²) in [5, 5.41) is 0.467. The van der Waals surface area contributed by atoms with Crippen molar-refractivity contribution in [3.8, 4) is 0 Å². The van der Waals surface area contributed by atoms with E-state index in [0.717, 1.165) is 10.6 Å². The Kier molecular flexibility index (Phi) is 4.35. The number of carbonyl (C=O) groups excluding carboxylic acids is 2. The van der Waals surface area contributed by atoms with Gasteiger partial charge in [0.25, 0.3) is 0 Å². The van der Waals surface area contributed by atoms with Crippen LogP contribution in [-0.4, -0.2) is 49.5 Å². The lowest BCUT2D eigenvalue weighted by molar-refractivity contribution is -0.139. The van der Waals surface area contributed by atoms with E-state index in [0.29, 0.717) is 5.04 Å². The molecule has 0 radical (unpaired) electrons. The summed E-state index contributed by atoms with van der Waals surface area (Å²) >= 11 is 2.72. The van der Waals surface area contributed by atoms with E-state index in [4.69, 9.17) is 14.5 Å². The van der Waals surface area contributed by atoms with Gasteiger partial charge in [-0.1, -0.05) is 23.9 Å². The van der Waals surface area contributed by atoms with Crippen LogP contribution in [0.4, 0.5) is 5.69 Å². The summed E-state index contributed by atoms with van der Waals surface area (Å²) in [5.41, 5.74) is 1.31. The Hall–Kier alpha value is -1.93. The van der Waals surface area contributed by atoms with Crippen molar-refractivity contribution in [2.24, 2.45) is 4.99 Å². The summed E-state index contributed by atoms with van der Waals surface area (Å²) in [6.45, 7) is 0. The molecular weight excluding hydrogens is 348 g/mol. The first-order valence-electron chi connectivity index (χ1n) is 7.07. The van der Waals surface area contributed by atoms with E-state index < -0.39 is 16.9 Å². The van der Waals surface area contributed by atoms with Crippen LogP contribution in [0.1, 0.15) is 0 Å². The van der Waals surface area contributed by atoms with Gasteiger partial charge in [-0.3, -0.25) is 0 Å². The number of esters is 2. The second-order valence-electron chi connectivity index (χ2n) is 5.09. The Labute approximate surface area is 148 Å². The molecule has 0 N–H and O–H groups in total. The van der Waals surface area contributed by atoms with Gasteiger partial charge in [0.15, 0.2) is 0 Å². The number of rotatable bonds is 2. The fourth-order valence-corrected chi connectivity index (χ4v) is 4.91. The van der Waals surface area contributed by atoms with Crippen molar-refractivity contribution in [2.45, 2.75) is 9.89 Å². The van der Waals surface area contributed by atoms with Crippen LogP contribution in [0, 0.1) is 0 Å². The molecule has 1 aromatic rings. The summed E-state index contributed by atoms with van der Waals surface area (Å²) in [5.74, 6) is -1.18. The fraction of sp³-hybridized carbons (Fsp3) is 0.312. The first kappa shape index (κ1) is 16.9. The van der Waals surface area contributed by atoms with Crippen LogP contribution in [-0.2, 0) is 19.1 Å². The van der Waals surface area contributed by atoms with Gasteiger partial charge in [0.05, 0.1) is 19.9 Å². The zero-order chi connectivity index (χ0) is 17.5. The van der Waals surface area contributed by atoms with Crippen LogP contribution in [0.25, 0.3) is 0 Å². The zero-order valence-electron chi connectivity index (χ0n) is 13.7. The van der Waals surface area contributed by atoms with Crippen LogP contribution in [0.3, 0.4) is 0 Å². The van der Waals surface area contributed by atoms with Gasteiger partial charge in [-0.25, -0.2) is 14.6 Å². The molecule has 1 unspecified atom stereocenters. The molecule has 2 aliphatic heterocycles. The van der Waals surface area contributed by atoms with E-state index in [9.17, 15) is 9.59 Å². The van der Waals surface area contributed by atoms with Gasteiger partial charge in [0, 0.05) is 11.9 Å².